The van der Waals surface area contributed by atoms with Crippen LogP contribution in [0.2, 0.25) is 0 Å². The van der Waals surface area contributed by atoms with Crippen LogP contribution in [0.3, 0.4) is 0 Å². The predicted octanol–water partition coefficient (Wildman–Crippen LogP) is 5.19. The number of nitrogens with zero attached hydrogens (tertiary/aromatic N) is 1. The van der Waals surface area contributed by atoms with Gasteiger partial charge in [-0.05, 0) is 72.4 Å². The molecule has 0 bridgehead atoms. The maximum Gasteiger partial charge on any atom is 0.262 e. The summed E-state index contributed by atoms with van der Waals surface area (Å²) in [5.74, 6) is 0.692. The van der Waals surface area contributed by atoms with Gasteiger partial charge < -0.3 is 19.7 Å². The minimum absolute atomic E-state index is 0.0103. The van der Waals surface area contributed by atoms with Crippen LogP contribution in [0.4, 0.5) is 14.5 Å². The van der Waals surface area contributed by atoms with Gasteiger partial charge in [0, 0.05) is 24.6 Å². The SMILES string of the molecule is O=C1COc2ccc(C(=O)N3CCC([C@H](c4ccc(F)cc4)c4cccc(OCCF)c4)CC3)cc2N1. The van der Waals surface area contributed by atoms with Crippen LogP contribution in [0.15, 0.2) is 66.7 Å². The lowest BCUT2D eigenvalue weighted by atomic mass is 9.76. The molecule has 2 aliphatic rings. The molecule has 8 heteroatoms. The smallest absolute Gasteiger partial charge is 0.262 e. The maximum atomic E-state index is 13.7. The van der Waals surface area contributed by atoms with Gasteiger partial charge in [-0.25, -0.2) is 8.78 Å². The molecule has 0 aliphatic carbocycles. The molecule has 0 radical (unpaired) electrons. The molecule has 6 nitrogen and oxygen atoms in total. The van der Waals surface area contributed by atoms with E-state index in [1.54, 1.807) is 36.4 Å². The van der Waals surface area contributed by atoms with Crippen molar-refractivity contribution in [2.24, 2.45) is 5.92 Å². The summed E-state index contributed by atoms with van der Waals surface area (Å²) in [7, 11) is 0. The summed E-state index contributed by atoms with van der Waals surface area (Å²) in [6, 6.07) is 19.2. The lowest BCUT2D eigenvalue weighted by molar-refractivity contribution is -0.118. The molecule has 5 rings (SSSR count). The van der Waals surface area contributed by atoms with Gasteiger partial charge in [-0.2, -0.15) is 0 Å². The first-order valence-corrected chi connectivity index (χ1v) is 12.4. The normalized spacial score (nSPS) is 16.4. The minimum atomic E-state index is -0.568. The van der Waals surface area contributed by atoms with Crippen LogP contribution >= 0.6 is 0 Å². The number of rotatable bonds is 7. The third-order valence-corrected chi connectivity index (χ3v) is 6.95. The number of ether oxygens (including phenoxy) is 2. The van der Waals surface area contributed by atoms with Gasteiger partial charge in [-0.1, -0.05) is 24.3 Å². The van der Waals surface area contributed by atoms with Crippen molar-refractivity contribution in [1.82, 2.24) is 4.90 Å². The molecule has 3 aromatic rings. The number of piperidine rings is 1. The van der Waals surface area contributed by atoms with E-state index in [1.807, 2.05) is 23.1 Å². The van der Waals surface area contributed by atoms with Gasteiger partial charge in [0.15, 0.2) is 6.61 Å². The largest absolute Gasteiger partial charge is 0.491 e. The van der Waals surface area contributed by atoms with Crippen molar-refractivity contribution in [2.75, 3.05) is 38.3 Å². The number of fused-ring (bicyclic) bond motifs is 1. The van der Waals surface area contributed by atoms with Gasteiger partial charge in [-0.3, -0.25) is 9.59 Å². The number of hydrogen-bond acceptors (Lipinski definition) is 4. The molecule has 1 fully saturated rings. The number of halogens is 2. The Labute approximate surface area is 214 Å². The van der Waals surface area contributed by atoms with Crippen molar-refractivity contribution in [1.29, 1.82) is 0 Å². The van der Waals surface area contributed by atoms with E-state index < -0.39 is 6.67 Å². The second kappa shape index (κ2) is 11.0. The van der Waals surface area contributed by atoms with E-state index in [-0.39, 0.29) is 42.7 Å². The van der Waals surface area contributed by atoms with Crippen LogP contribution in [-0.2, 0) is 4.79 Å². The molecule has 1 atom stereocenters. The minimum Gasteiger partial charge on any atom is -0.491 e. The van der Waals surface area contributed by atoms with Crippen molar-refractivity contribution >= 4 is 17.5 Å². The fourth-order valence-corrected chi connectivity index (χ4v) is 5.20. The molecule has 2 amide bonds. The standard InChI is InChI=1S/C29H28F2N2O4/c30-12-15-36-24-3-1-2-21(16-24)28(19-4-7-23(31)8-5-19)20-10-13-33(14-11-20)29(35)22-6-9-26-25(17-22)32-27(34)18-37-26/h1-9,16-17,20,28H,10-15,18H2,(H,32,34)/t28-/m0/s1. The summed E-state index contributed by atoms with van der Waals surface area (Å²) < 4.78 is 37.2. The van der Waals surface area contributed by atoms with Gasteiger partial charge in [-0.15, -0.1) is 0 Å². The number of carbonyl (C=O) groups is 2. The van der Waals surface area contributed by atoms with Gasteiger partial charge >= 0.3 is 0 Å². The van der Waals surface area contributed by atoms with Crippen LogP contribution in [0.25, 0.3) is 0 Å². The number of carbonyl (C=O) groups excluding carboxylic acids is 2. The van der Waals surface area contributed by atoms with Gasteiger partial charge in [0.2, 0.25) is 0 Å². The Hall–Kier alpha value is -3.94. The molecule has 0 aromatic heterocycles. The third kappa shape index (κ3) is 5.58. The van der Waals surface area contributed by atoms with Gasteiger partial charge in [0.25, 0.3) is 11.8 Å². The molecule has 1 saturated heterocycles. The topological polar surface area (TPSA) is 67.9 Å². The fourth-order valence-electron chi connectivity index (χ4n) is 5.20. The highest BCUT2D eigenvalue weighted by atomic mass is 19.1. The molecule has 2 heterocycles. The number of alkyl halides is 1. The van der Waals surface area contributed by atoms with E-state index >= 15 is 0 Å². The first-order chi connectivity index (χ1) is 18.0. The van der Waals surface area contributed by atoms with Gasteiger partial charge in [0.05, 0.1) is 5.69 Å². The highest BCUT2D eigenvalue weighted by molar-refractivity contribution is 5.99. The van der Waals surface area contributed by atoms with E-state index in [4.69, 9.17) is 9.47 Å². The van der Waals surface area contributed by atoms with Gasteiger partial charge in [0.1, 0.15) is 30.6 Å². The fraction of sp³-hybridized carbons (Fsp3) is 0.310. The first-order valence-electron chi connectivity index (χ1n) is 12.4. The summed E-state index contributed by atoms with van der Waals surface area (Å²) >= 11 is 0. The number of nitrogens with one attached hydrogen (secondary N) is 1. The zero-order valence-electron chi connectivity index (χ0n) is 20.3. The average molecular weight is 507 g/mol. The molecular weight excluding hydrogens is 478 g/mol. The van der Waals surface area contributed by atoms with Crippen LogP contribution in [-0.4, -0.2) is 49.7 Å². The average Bonchev–Trinajstić information content (AvgIpc) is 2.93. The summed E-state index contributed by atoms with van der Waals surface area (Å²) in [6.45, 7) is 0.525. The molecule has 2 aliphatic heterocycles. The second-order valence-corrected chi connectivity index (χ2v) is 9.32. The first kappa shape index (κ1) is 24.7. The van der Waals surface area contributed by atoms with Crippen LogP contribution in [0, 0.1) is 11.7 Å². The molecule has 0 saturated carbocycles. The zero-order chi connectivity index (χ0) is 25.8. The van der Waals surface area contributed by atoms with Crippen LogP contribution < -0.4 is 14.8 Å². The highest BCUT2D eigenvalue weighted by Crippen LogP contribution is 2.39. The maximum absolute atomic E-state index is 13.7. The lowest BCUT2D eigenvalue weighted by Crippen LogP contribution is -2.40. The van der Waals surface area contributed by atoms with E-state index in [0.717, 1.165) is 24.0 Å². The number of benzene rings is 3. The Morgan fingerprint density at radius 3 is 2.59 bits per heavy atom. The summed E-state index contributed by atoms with van der Waals surface area (Å²) in [6.07, 6.45) is 1.52. The van der Waals surface area contributed by atoms with Crippen LogP contribution in [0.5, 0.6) is 11.5 Å². The Morgan fingerprint density at radius 2 is 1.84 bits per heavy atom. The summed E-state index contributed by atoms with van der Waals surface area (Å²) in [5, 5.41) is 2.75. The summed E-state index contributed by atoms with van der Waals surface area (Å²) in [5.41, 5.74) is 3.00. The lowest BCUT2D eigenvalue weighted by Gasteiger charge is -2.37. The Balaban J connectivity index is 1.33. The molecule has 3 aromatic carbocycles. The van der Waals surface area contributed by atoms with E-state index in [9.17, 15) is 18.4 Å². The quantitative estimate of drug-likeness (QED) is 0.479. The van der Waals surface area contributed by atoms with Crippen molar-refractivity contribution in [3.63, 3.8) is 0 Å². The Bertz CT molecular complexity index is 1270. The van der Waals surface area contributed by atoms with Crippen molar-refractivity contribution in [3.8, 4) is 11.5 Å². The molecule has 1 N–H and O–H groups in total. The van der Waals surface area contributed by atoms with Crippen molar-refractivity contribution < 1.29 is 27.8 Å². The zero-order valence-corrected chi connectivity index (χ0v) is 20.3. The van der Waals surface area contributed by atoms with Crippen molar-refractivity contribution in [3.05, 3.63) is 89.2 Å². The van der Waals surface area contributed by atoms with Crippen molar-refractivity contribution in [2.45, 2.75) is 18.8 Å². The predicted molar refractivity (Wildman–Crippen MR) is 135 cm³/mol. The molecule has 37 heavy (non-hydrogen) atoms. The monoisotopic (exact) mass is 506 g/mol. The number of hydrogen-bond donors (Lipinski definition) is 1. The number of amides is 2. The molecule has 0 spiro atoms. The van der Waals surface area contributed by atoms with E-state index in [0.29, 0.717) is 35.8 Å². The Kier molecular flexibility index (Phi) is 7.35. The number of likely N-dealkylation sites (tertiary alicyclic amines) is 1. The summed E-state index contributed by atoms with van der Waals surface area (Å²) in [4.78, 5) is 26.7. The molecular formula is C29H28F2N2O4. The highest BCUT2D eigenvalue weighted by Gasteiger charge is 2.31. The molecule has 192 valence electrons. The Morgan fingerprint density at radius 1 is 1.05 bits per heavy atom. The van der Waals surface area contributed by atoms with Crippen LogP contribution in [0.1, 0.15) is 40.2 Å². The third-order valence-electron chi connectivity index (χ3n) is 6.95. The van der Waals surface area contributed by atoms with E-state index in [1.165, 1.54) is 12.1 Å². The second-order valence-electron chi connectivity index (χ2n) is 9.32. The number of anilines is 1. The van der Waals surface area contributed by atoms with E-state index in [2.05, 4.69) is 5.32 Å². The molecule has 0 unspecified atom stereocenters.